The Hall–Kier alpha value is -2.17. The van der Waals surface area contributed by atoms with Gasteiger partial charge in [0, 0.05) is 12.3 Å². The Morgan fingerprint density at radius 2 is 1.57 bits per heavy atom. The lowest BCUT2D eigenvalue weighted by molar-refractivity contribution is 0.367. The SMILES string of the molecule is CCS(=O)(=O)Nc1ccn(Cc2c(F)c(F)c(F)c(F)c2F)n1. The number of nitrogens with zero attached hydrogens (tertiary/aromatic N) is 2. The second-order valence-electron chi connectivity index (χ2n) is 4.45. The molecule has 0 saturated carbocycles. The molecule has 2 rings (SSSR count). The van der Waals surface area contributed by atoms with Gasteiger partial charge in [-0.05, 0) is 6.92 Å². The summed E-state index contributed by atoms with van der Waals surface area (Å²) < 4.78 is 91.8. The van der Waals surface area contributed by atoms with Gasteiger partial charge in [0.25, 0.3) is 0 Å². The highest BCUT2D eigenvalue weighted by Gasteiger charge is 2.26. The van der Waals surface area contributed by atoms with Crippen molar-refractivity contribution in [2.24, 2.45) is 0 Å². The van der Waals surface area contributed by atoms with E-state index in [4.69, 9.17) is 0 Å². The lowest BCUT2D eigenvalue weighted by Crippen LogP contribution is -2.15. The summed E-state index contributed by atoms with van der Waals surface area (Å²) in [4.78, 5) is 0. The van der Waals surface area contributed by atoms with E-state index < -0.39 is 51.2 Å². The van der Waals surface area contributed by atoms with Crippen LogP contribution in [0.25, 0.3) is 0 Å². The first-order valence-corrected chi connectivity index (χ1v) is 7.85. The molecule has 1 aromatic heterocycles. The van der Waals surface area contributed by atoms with Crippen LogP contribution in [0.2, 0.25) is 0 Å². The van der Waals surface area contributed by atoms with Gasteiger partial charge in [-0.2, -0.15) is 5.10 Å². The number of anilines is 1. The first-order valence-electron chi connectivity index (χ1n) is 6.20. The Balaban J connectivity index is 2.33. The first kappa shape index (κ1) is 17.2. The van der Waals surface area contributed by atoms with Crippen LogP contribution in [0.3, 0.4) is 0 Å². The number of halogens is 5. The van der Waals surface area contributed by atoms with Crippen molar-refractivity contribution in [2.45, 2.75) is 13.5 Å². The molecule has 0 saturated heterocycles. The van der Waals surface area contributed by atoms with Crippen molar-refractivity contribution in [3.63, 3.8) is 0 Å². The molecule has 0 atom stereocenters. The fraction of sp³-hybridized carbons (Fsp3) is 0.250. The van der Waals surface area contributed by atoms with Crippen LogP contribution in [0.5, 0.6) is 0 Å². The van der Waals surface area contributed by atoms with E-state index in [9.17, 15) is 30.4 Å². The van der Waals surface area contributed by atoms with Gasteiger partial charge in [0.05, 0.1) is 17.9 Å². The van der Waals surface area contributed by atoms with Gasteiger partial charge >= 0.3 is 0 Å². The van der Waals surface area contributed by atoms with Gasteiger partial charge in [-0.1, -0.05) is 0 Å². The van der Waals surface area contributed by atoms with Crippen LogP contribution in [0.15, 0.2) is 12.3 Å². The van der Waals surface area contributed by atoms with E-state index in [0.29, 0.717) is 0 Å². The number of aromatic nitrogens is 2. The Bertz CT molecular complexity index is 822. The van der Waals surface area contributed by atoms with Crippen molar-refractivity contribution in [3.8, 4) is 0 Å². The van der Waals surface area contributed by atoms with Crippen molar-refractivity contribution in [1.82, 2.24) is 9.78 Å². The first-order chi connectivity index (χ1) is 10.7. The van der Waals surface area contributed by atoms with Gasteiger partial charge in [0.2, 0.25) is 15.8 Å². The zero-order valence-corrected chi connectivity index (χ0v) is 12.4. The van der Waals surface area contributed by atoms with Crippen molar-refractivity contribution >= 4 is 15.8 Å². The van der Waals surface area contributed by atoms with E-state index in [1.165, 1.54) is 13.0 Å². The standard InChI is InChI=1S/C12H10F5N3O2S/c1-2-23(21,22)19-7-3-4-20(18-7)5-6-8(13)10(15)12(17)11(16)9(6)14/h3-4H,2,5H2,1H3,(H,18,19). The minimum absolute atomic E-state index is 0.143. The second kappa shape index (κ2) is 6.14. The largest absolute Gasteiger partial charge is 0.266 e. The van der Waals surface area contributed by atoms with E-state index in [1.54, 1.807) is 0 Å². The molecule has 0 aliphatic carbocycles. The predicted molar refractivity (Wildman–Crippen MR) is 70.6 cm³/mol. The topological polar surface area (TPSA) is 64.0 Å². The fourth-order valence-electron chi connectivity index (χ4n) is 1.69. The Morgan fingerprint density at radius 1 is 1.04 bits per heavy atom. The molecule has 0 bridgehead atoms. The maximum atomic E-state index is 13.5. The zero-order chi connectivity index (χ0) is 17.4. The quantitative estimate of drug-likeness (QED) is 0.509. The summed E-state index contributed by atoms with van der Waals surface area (Å²) in [6, 6.07) is 1.18. The maximum absolute atomic E-state index is 13.5. The van der Waals surface area contributed by atoms with Crippen LogP contribution in [0.1, 0.15) is 12.5 Å². The molecule has 1 N–H and O–H groups in total. The number of sulfonamides is 1. The molecule has 0 fully saturated rings. The lowest BCUT2D eigenvalue weighted by atomic mass is 10.1. The van der Waals surface area contributed by atoms with Gasteiger partial charge in [0.15, 0.2) is 29.1 Å². The molecule has 0 aliphatic rings. The average Bonchev–Trinajstić information content (AvgIpc) is 2.94. The smallest absolute Gasteiger partial charge is 0.233 e. The van der Waals surface area contributed by atoms with Gasteiger partial charge in [-0.15, -0.1) is 0 Å². The molecule has 1 heterocycles. The van der Waals surface area contributed by atoms with E-state index in [1.807, 2.05) is 0 Å². The van der Waals surface area contributed by atoms with Crippen LogP contribution in [-0.2, 0) is 16.6 Å². The third kappa shape index (κ3) is 3.44. The van der Waals surface area contributed by atoms with Crippen LogP contribution in [0, 0.1) is 29.1 Å². The molecule has 0 amide bonds. The minimum atomic E-state index is -3.61. The third-order valence-corrected chi connectivity index (χ3v) is 4.18. The summed E-state index contributed by atoms with van der Waals surface area (Å²) in [7, 11) is -3.61. The Labute approximate surface area is 127 Å². The fourth-order valence-corrected chi connectivity index (χ4v) is 2.26. The summed E-state index contributed by atoms with van der Waals surface area (Å²) >= 11 is 0. The molecule has 1 aromatic carbocycles. The summed E-state index contributed by atoms with van der Waals surface area (Å²) in [5.74, 6) is -10.7. The van der Waals surface area contributed by atoms with E-state index in [0.717, 1.165) is 10.9 Å². The molecular weight excluding hydrogens is 345 g/mol. The van der Waals surface area contributed by atoms with Gasteiger partial charge < -0.3 is 0 Å². The van der Waals surface area contributed by atoms with Crippen molar-refractivity contribution in [1.29, 1.82) is 0 Å². The second-order valence-corrected chi connectivity index (χ2v) is 6.46. The molecule has 0 spiro atoms. The Morgan fingerprint density at radius 3 is 2.09 bits per heavy atom. The highest BCUT2D eigenvalue weighted by atomic mass is 32.2. The predicted octanol–water partition coefficient (Wildman–Crippen LogP) is 2.39. The van der Waals surface area contributed by atoms with Crippen molar-refractivity contribution in [2.75, 3.05) is 10.5 Å². The van der Waals surface area contributed by atoms with Crippen molar-refractivity contribution in [3.05, 3.63) is 46.9 Å². The van der Waals surface area contributed by atoms with E-state index in [2.05, 4.69) is 9.82 Å². The summed E-state index contributed by atoms with van der Waals surface area (Å²) in [6.07, 6.45) is 1.13. The summed E-state index contributed by atoms with van der Waals surface area (Å²) in [5.41, 5.74) is -1.07. The molecule has 23 heavy (non-hydrogen) atoms. The molecule has 0 aliphatic heterocycles. The number of hydrogen-bond acceptors (Lipinski definition) is 3. The third-order valence-electron chi connectivity index (χ3n) is 2.90. The normalized spacial score (nSPS) is 11.7. The number of rotatable bonds is 5. The lowest BCUT2D eigenvalue weighted by Gasteiger charge is -2.08. The maximum Gasteiger partial charge on any atom is 0.233 e. The molecule has 0 unspecified atom stereocenters. The molecule has 2 aromatic rings. The van der Waals surface area contributed by atoms with Gasteiger partial charge in [-0.25, -0.2) is 30.4 Å². The van der Waals surface area contributed by atoms with E-state index >= 15 is 0 Å². The van der Waals surface area contributed by atoms with Crippen LogP contribution < -0.4 is 4.72 Å². The van der Waals surface area contributed by atoms with Crippen LogP contribution in [0.4, 0.5) is 27.8 Å². The zero-order valence-electron chi connectivity index (χ0n) is 11.6. The summed E-state index contributed by atoms with van der Waals surface area (Å²) in [6.45, 7) is 0.619. The highest BCUT2D eigenvalue weighted by molar-refractivity contribution is 7.92. The molecule has 5 nitrogen and oxygen atoms in total. The number of hydrogen-bond donors (Lipinski definition) is 1. The van der Waals surface area contributed by atoms with E-state index in [-0.39, 0.29) is 11.6 Å². The number of benzene rings is 1. The average molecular weight is 355 g/mol. The molecular formula is C12H10F5N3O2S. The van der Waals surface area contributed by atoms with Crippen LogP contribution in [-0.4, -0.2) is 24.0 Å². The molecule has 126 valence electrons. The molecule has 11 heteroatoms. The van der Waals surface area contributed by atoms with Gasteiger partial charge in [0.1, 0.15) is 0 Å². The minimum Gasteiger partial charge on any atom is -0.266 e. The summed E-state index contributed by atoms with van der Waals surface area (Å²) in [5, 5.41) is 3.66. The van der Waals surface area contributed by atoms with Gasteiger partial charge in [-0.3, -0.25) is 9.40 Å². The van der Waals surface area contributed by atoms with Crippen LogP contribution >= 0.6 is 0 Å². The van der Waals surface area contributed by atoms with Crippen molar-refractivity contribution < 1.29 is 30.4 Å². The number of nitrogens with one attached hydrogen (secondary N) is 1. The highest BCUT2D eigenvalue weighted by Crippen LogP contribution is 2.23. The molecule has 0 radical (unpaired) electrons. The Kier molecular flexibility index (Phi) is 4.59. The monoisotopic (exact) mass is 355 g/mol.